The number of nitrogens with one attached hydrogen (secondary N) is 2. The molecule has 1 amide bonds. The molecule has 1 saturated heterocycles. The molecule has 0 spiro atoms. The number of halogens is 1. The van der Waals surface area contributed by atoms with Crippen LogP contribution in [0.2, 0.25) is 5.02 Å². The highest BCUT2D eigenvalue weighted by atomic mass is 35.5. The van der Waals surface area contributed by atoms with Gasteiger partial charge in [-0.15, -0.1) is 0 Å². The molecule has 1 heterocycles. The predicted octanol–water partition coefficient (Wildman–Crippen LogP) is 2.49. The Morgan fingerprint density at radius 2 is 2.10 bits per heavy atom. The molecule has 0 unspecified atom stereocenters. The standard InChI is InChI=1S/C16H21ClN2O/c17-14-3-1-13(2-4-14)16(6-7-16)11-19-15(20)9-12-5-8-18-10-12/h1-4,12,18H,5-11H2,(H,19,20)/t12-/m0/s1. The number of carbonyl (C=O) groups is 1. The second-order valence-electron chi connectivity index (χ2n) is 6.13. The highest BCUT2D eigenvalue weighted by Crippen LogP contribution is 2.47. The fourth-order valence-corrected chi connectivity index (χ4v) is 3.14. The van der Waals surface area contributed by atoms with E-state index in [0.717, 1.165) is 43.9 Å². The topological polar surface area (TPSA) is 41.1 Å². The molecule has 2 aliphatic rings. The Kier molecular flexibility index (Phi) is 3.99. The molecular formula is C16H21ClN2O. The molecule has 0 bridgehead atoms. The van der Waals surface area contributed by atoms with Crippen LogP contribution < -0.4 is 10.6 Å². The first-order chi connectivity index (χ1) is 9.68. The van der Waals surface area contributed by atoms with Gasteiger partial charge in [0.15, 0.2) is 0 Å². The van der Waals surface area contributed by atoms with Crippen LogP contribution in [-0.4, -0.2) is 25.5 Å². The van der Waals surface area contributed by atoms with Crippen LogP contribution in [0.15, 0.2) is 24.3 Å². The molecule has 1 saturated carbocycles. The third-order valence-corrected chi connectivity index (χ3v) is 4.82. The smallest absolute Gasteiger partial charge is 0.220 e. The Morgan fingerprint density at radius 3 is 2.70 bits per heavy atom. The molecule has 1 aromatic rings. The fourth-order valence-electron chi connectivity index (χ4n) is 3.01. The number of hydrogen-bond donors (Lipinski definition) is 2. The van der Waals surface area contributed by atoms with Crippen molar-refractivity contribution in [3.05, 3.63) is 34.9 Å². The van der Waals surface area contributed by atoms with Gasteiger partial charge >= 0.3 is 0 Å². The van der Waals surface area contributed by atoms with Gasteiger partial charge < -0.3 is 10.6 Å². The first-order valence-corrected chi connectivity index (χ1v) is 7.79. The van der Waals surface area contributed by atoms with Crippen molar-refractivity contribution < 1.29 is 4.79 Å². The summed E-state index contributed by atoms with van der Waals surface area (Å²) in [5.41, 5.74) is 1.46. The quantitative estimate of drug-likeness (QED) is 0.875. The lowest BCUT2D eigenvalue weighted by Gasteiger charge is -2.17. The summed E-state index contributed by atoms with van der Waals surface area (Å²) in [6, 6.07) is 8.04. The number of benzene rings is 1. The van der Waals surface area contributed by atoms with Gasteiger partial charge in [-0.2, -0.15) is 0 Å². The van der Waals surface area contributed by atoms with Gasteiger partial charge in [-0.05, 0) is 56.0 Å². The summed E-state index contributed by atoms with van der Waals surface area (Å²) in [5, 5.41) is 7.19. The van der Waals surface area contributed by atoms with Gasteiger partial charge in [0.1, 0.15) is 0 Å². The Hall–Kier alpha value is -1.06. The monoisotopic (exact) mass is 292 g/mol. The molecule has 1 atom stereocenters. The third-order valence-electron chi connectivity index (χ3n) is 4.57. The van der Waals surface area contributed by atoms with E-state index in [1.807, 2.05) is 12.1 Å². The van der Waals surface area contributed by atoms with E-state index in [1.54, 1.807) is 0 Å². The summed E-state index contributed by atoms with van der Waals surface area (Å²) in [6.07, 6.45) is 4.08. The SMILES string of the molecule is O=C(C[C@@H]1CCNC1)NCC1(c2ccc(Cl)cc2)CC1. The number of amides is 1. The summed E-state index contributed by atoms with van der Waals surface area (Å²) < 4.78 is 0. The molecule has 2 N–H and O–H groups in total. The van der Waals surface area contributed by atoms with Crippen molar-refractivity contribution in [3.8, 4) is 0 Å². The number of hydrogen-bond acceptors (Lipinski definition) is 2. The van der Waals surface area contributed by atoms with Gasteiger partial charge in [-0.3, -0.25) is 4.79 Å². The van der Waals surface area contributed by atoms with Crippen LogP contribution in [0.5, 0.6) is 0 Å². The van der Waals surface area contributed by atoms with Crippen LogP contribution in [0, 0.1) is 5.92 Å². The molecule has 0 aromatic heterocycles. The highest BCUT2D eigenvalue weighted by molar-refractivity contribution is 6.30. The molecule has 1 aromatic carbocycles. The fraction of sp³-hybridized carbons (Fsp3) is 0.562. The second-order valence-corrected chi connectivity index (χ2v) is 6.56. The van der Waals surface area contributed by atoms with Gasteiger partial charge in [-0.1, -0.05) is 23.7 Å². The summed E-state index contributed by atoms with van der Waals surface area (Å²) in [4.78, 5) is 12.0. The zero-order chi connectivity index (χ0) is 14.0. The van der Waals surface area contributed by atoms with E-state index in [-0.39, 0.29) is 11.3 Å². The summed E-state index contributed by atoms with van der Waals surface area (Å²) in [6.45, 7) is 2.79. The summed E-state index contributed by atoms with van der Waals surface area (Å²) in [5.74, 6) is 0.708. The normalized spacial score (nSPS) is 23.6. The maximum Gasteiger partial charge on any atom is 0.220 e. The number of carbonyl (C=O) groups excluding carboxylic acids is 1. The minimum atomic E-state index is 0.161. The lowest BCUT2D eigenvalue weighted by Crippen LogP contribution is -2.33. The molecule has 1 aliphatic carbocycles. The molecule has 3 nitrogen and oxygen atoms in total. The van der Waals surface area contributed by atoms with Gasteiger partial charge in [0.25, 0.3) is 0 Å². The van der Waals surface area contributed by atoms with Crippen LogP contribution in [0.4, 0.5) is 0 Å². The maximum atomic E-state index is 12.0. The average molecular weight is 293 g/mol. The Bertz CT molecular complexity index is 476. The Balaban J connectivity index is 1.52. The van der Waals surface area contributed by atoms with Crippen LogP contribution in [0.3, 0.4) is 0 Å². The molecule has 20 heavy (non-hydrogen) atoms. The molecule has 2 fully saturated rings. The molecule has 1 aliphatic heterocycles. The van der Waals surface area contributed by atoms with Crippen molar-refractivity contribution in [1.82, 2.24) is 10.6 Å². The second kappa shape index (κ2) is 5.74. The van der Waals surface area contributed by atoms with Crippen molar-refractivity contribution in [2.75, 3.05) is 19.6 Å². The average Bonchev–Trinajstić information content (AvgIpc) is 3.07. The highest BCUT2D eigenvalue weighted by Gasteiger charge is 2.44. The molecule has 3 rings (SSSR count). The van der Waals surface area contributed by atoms with Crippen LogP contribution >= 0.6 is 11.6 Å². The Morgan fingerprint density at radius 1 is 1.35 bits per heavy atom. The zero-order valence-electron chi connectivity index (χ0n) is 11.6. The zero-order valence-corrected chi connectivity index (χ0v) is 12.4. The van der Waals surface area contributed by atoms with Crippen molar-refractivity contribution in [3.63, 3.8) is 0 Å². The van der Waals surface area contributed by atoms with Crippen LogP contribution in [0.25, 0.3) is 0 Å². The van der Waals surface area contributed by atoms with E-state index < -0.39 is 0 Å². The van der Waals surface area contributed by atoms with E-state index in [1.165, 1.54) is 5.56 Å². The lowest BCUT2D eigenvalue weighted by molar-refractivity contribution is -0.122. The molecule has 4 heteroatoms. The maximum absolute atomic E-state index is 12.0. The molecular weight excluding hydrogens is 272 g/mol. The third kappa shape index (κ3) is 3.15. The summed E-state index contributed by atoms with van der Waals surface area (Å²) >= 11 is 5.93. The van der Waals surface area contributed by atoms with Crippen molar-refractivity contribution in [2.24, 2.45) is 5.92 Å². The van der Waals surface area contributed by atoms with E-state index in [0.29, 0.717) is 12.3 Å². The van der Waals surface area contributed by atoms with E-state index >= 15 is 0 Å². The van der Waals surface area contributed by atoms with Gasteiger partial charge in [-0.25, -0.2) is 0 Å². The Labute approximate surface area is 125 Å². The molecule has 108 valence electrons. The van der Waals surface area contributed by atoms with E-state index in [4.69, 9.17) is 11.6 Å². The van der Waals surface area contributed by atoms with Crippen molar-refractivity contribution in [1.29, 1.82) is 0 Å². The van der Waals surface area contributed by atoms with Gasteiger partial charge in [0, 0.05) is 23.4 Å². The first-order valence-electron chi connectivity index (χ1n) is 7.41. The van der Waals surface area contributed by atoms with Crippen molar-refractivity contribution in [2.45, 2.75) is 31.1 Å². The van der Waals surface area contributed by atoms with Gasteiger partial charge in [0.2, 0.25) is 5.91 Å². The van der Waals surface area contributed by atoms with Crippen LogP contribution in [-0.2, 0) is 10.2 Å². The summed E-state index contributed by atoms with van der Waals surface area (Å²) in [7, 11) is 0. The minimum Gasteiger partial charge on any atom is -0.355 e. The van der Waals surface area contributed by atoms with E-state index in [2.05, 4.69) is 22.8 Å². The number of rotatable bonds is 5. The molecule has 0 radical (unpaired) electrons. The predicted molar refractivity (Wildman–Crippen MR) is 81.0 cm³/mol. The first kappa shape index (κ1) is 13.9. The van der Waals surface area contributed by atoms with Crippen LogP contribution in [0.1, 0.15) is 31.2 Å². The lowest BCUT2D eigenvalue weighted by atomic mass is 9.95. The largest absolute Gasteiger partial charge is 0.355 e. The van der Waals surface area contributed by atoms with Crippen molar-refractivity contribution >= 4 is 17.5 Å². The van der Waals surface area contributed by atoms with Gasteiger partial charge in [0.05, 0.1) is 0 Å². The van der Waals surface area contributed by atoms with E-state index in [9.17, 15) is 4.79 Å². The minimum absolute atomic E-state index is 0.161.